The van der Waals surface area contributed by atoms with E-state index in [-0.39, 0.29) is 11.6 Å². The van der Waals surface area contributed by atoms with Gasteiger partial charge in [0.2, 0.25) is 0 Å². The van der Waals surface area contributed by atoms with Crippen LogP contribution < -0.4 is 14.8 Å². The number of nitrogens with one attached hydrogen (secondary N) is 1. The Morgan fingerprint density at radius 1 is 1.05 bits per heavy atom. The molecule has 200 valence electrons. The number of methoxy groups -OCH3 is 1. The zero-order valence-corrected chi connectivity index (χ0v) is 22.3. The minimum absolute atomic E-state index is 0.127. The normalized spacial score (nSPS) is 12.8. The fourth-order valence-electron chi connectivity index (χ4n) is 3.66. The van der Waals surface area contributed by atoms with E-state index < -0.39 is 29.9 Å². The second-order valence-corrected chi connectivity index (χ2v) is 9.88. The lowest BCUT2D eigenvalue weighted by Gasteiger charge is -2.21. The molecule has 1 N–H and O–H groups in total. The van der Waals surface area contributed by atoms with Gasteiger partial charge in [0.25, 0.3) is 5.88 Å². The van der Waals surface area contributed by atoms with Crippen LogP contribution in [0.2, 0.25) is 5.02 Å². The zero-order valence-electron chi connectivity index (χ0n) is 20.7. The van der Waals surface area contributed by atoms with Gasteiger partial charge in [-0.25, -0.2) is 18.6 Å². The van der Waals surface area contributed by atoms with Crippen LogP contribution in [0.1, 0.15) is 13.8 Å². The molecule has 4 aromatic heterocycles. The molecular formula is C26H20ClF2N5O4S. The van der Waals surface area contributed by atoms with E-state index >= 15 is 0 Å². The molecular weight excluding hydrogens is 552 g/mol. The summed E-state index contributed by atoms with van der Waals surface area (Å²) in [6.07, 6.45) is 1.44. The maximum Gasteiger partial charge on any atom is 0.412 e. The number of pyridine rings is 3. The monoisotopic (exact) mass is 571 g/mol. The van der Waals surface area contributed by atoms with Crippen molar-refractivity contribution in [3.63, 3.8) is 0 Å². The fraction of sp³-hybridized carbons (Fsp3) is 0.192. The predicted octanol–water partition coefficient (Wildman–Crippen LogP) is 6.65. The van der Waals surface area contributed by atoms with Gasteiger partial charge in [0.05, 0.1) is 36.9 Å². The van der Waals surface area contributed by atoms with Gasteiger partial charge in [0.1, 0.15) is 39.1 Å². The molecule has 1 amide bonds. The number of thiazole rings is 1. The van der Waals surface area contributed by atoms with Crippen LogP contribution in [0.4, 0.5) is 19.3 Å². The van der Waals surface area contributed by atoms with Crippen molar-refractivity contribution in [3.05, 3.63) is 65.6 Å². The Balaban J connectivity index is 1.35. The first-order valence-electron chi connectivity index (χ1n) is 11.6. The molecule has 5 aromatic rings. The summed E-state index contributed by atoms with van der Waals surface area (Å²) in [5.41, 5.74) is 1.78. The molecule has 1 aromatic carbocycles. The smallest absolute Gasteiger partial charge is 0.412 e. The molecule has 39 heavy (non-hydrogen) atoms. The van der Waals surface area contributed by atoms with Crippen molar-refractivity contribution in [3.8, 4) is 22.2 Å². The number of benzene rings is 1. The molecule has 4 heterocycles. The highest BCUT2D eigenvalue weighted by molar-refractivity contribution is 7.21. The largest absolute Gasteiger partial charge is 0.495 e. The lowest BCUT2D eigenvalue weighted by atomic mass is 10.1. The van der Waals surface area contributed by atoms with Crippen LogP contribution >= 0.6 is 22.9 Å². The molecule has 0 bridgehead atoms. The van der Waals surface area contributed by atoms with Crippen LogP contribution in [0.5, 0.6) is 11.6 Å². The van der Waals surface area contributed by atoms with Gasteiger partial charge in [-0.1, -0.05) is 22.9 Å². The lowest BCUT2D eigenvalue weighted by molar-refractivity contribution is 0.0379. The van der Waals surface area contributed by atoms with Crippen molar-refractivity contribution in [1.29, 1.82) is 0 Å². The van der Waals surface area contributed by atoms with Gasteiger partial charge >= 0.3 is 6.09 Å². The van der Waals surface area contributed by atoms with Crippen molar-refractivity contribution < 1.29 is 27.8 Å². The van der Waals surface area contributed by atoms with E-state index in [2.05, 4.69) is 25.3 Å². The molecule has 0 fully saturated rings. The molecule has 0 saturated heterocycles. The van der Waals surface area contributed by atoms with Crippen LogP contribution in [0, 0.1) is 11.6 Å². The number of carbonyl (C=O) groups is 1. The second-order valence-electron chi connectivity index (χ2n) is 8.47. The maximum atomic E-state index is 14.9. The third-order valence-electron chi connectivity index (χ3n) is 5.70. The second kappa shape index (κ2) is 10.9. The molecule has 0 radical (unpaired) electrons. The van der Waals surface area contributed by atoms with Crippen molar-refractivity contribution >= 4 is 56.0 Å². The first-order valence-corrected chi connectivity index (χ1v) is 12.7. The van der Waals surface area contributed by atoms with Gasteiger partial charge in [-0.05, 0) is 32.0 Å². The highest BCUT2D eigenvalue weighted by Gasteiger charge is 2.22. The maximum absolute atomic E-state index is 14.9. The Morgan fingerprint density at radius 3 is 2.64 bits per heavy atom. The van der Waals surface area contributed by atoms with Crippen LogP contribution in [0.25, 0.3) is 31.8 Å². The molecule has 0 spiro atoms. The molecule has 13 heteroatoms. The van der Waals surface area contributed by atoms with Gasteiger partial charge in [-0.15, -0.1) is 0 Å². The number of hydrogen-bond donors (Lipinski definition) is 1. The number of hydrogen-bond acceptors (Lipinski definition) is 9. The standard InChI is InChI=1S/C26H20ClF2N5O4S/c1-12(13(2)38-26(35)32-17-7-16(28)9-30-10-17)37-23-20(29)8-21-25(34-23)39-24(33-21)19-6-15(27)4-14-5-18(36-3)11-31-22(14)19/h4-13H,1-3H3,(H,32,35)/t12-,13+/m0/s1. The number of ether oxygens (including phenoxy) is 3. The number of nitrogens with zero attached hydrogens (tertiary/aromatic N) is 4. The SMILES string of the molecule is COc1cnc2c(-c3nc4cc(F)c(O[C@@H](C)[C@@H](C)OC(=O)Nc5cncc(F)c5)nc4s3)cc(Cl)cc2c1. The number of anilines is 1. The molecule has 2 atom stereocenters. The highest BCUT2D eigenvalue weighted by atomic mass is 35.5. The third kappa shape index (κ3) is 5.81. The summed E-state index contributed by atoms with van der Waals surface area (Å²) >= 11 is 7.57. The van der Waals surface area contributed by atoms with Gasteiger partial charge in [-0.2, -0.15) is 4.98 Å². The number of fused-ring (bicyclic) bond motifs is 2. The number of aromatic nitrogens is 4. The van der Waals surface area contributed by atoms with E-state index in [0.29, 0.717) is 37.2 Å². The minimum Gasteiger partial charge on any atom is -0.495 e. The first kappa shape index (κ1) is 26.4. The summed E-state index contributed by atoms with van der Waals surface area (Å²) in [5.74, 6) is -1.02. The molecule has 0 aliphatic carbocycles. The summed E-state index contributed by atoms with van der Waals surface area (Å²) in [7, 11) is 1.55. The van der Waals surface area contributed by atoms with Crippen LogP contribution in [0.15, 0.2) is 48.9 Å². The number of carbonyl (C=O) groups excluding carboxylic acids is 1. The topological polar surface area (TPSA) is 108 Å². The average molecular weight is 572 g/mol. The lowest BCUT2D eigenvalue weighted by Crippen LogP contribution is -2.33. The Kier molecular flexibility index (Phi) is 7.40. The van der Waals surface area contributed by atoms with Crippen LogP contribution in [-0.2, 0) is 4.74 Å². The van der Waals surface area contributed by atoms with Gasteiger partial charge < -0.3 is 14.2 Å². The molecule has 0 aliphatic heterocycles. The summed E-state index contributed by atoms with van der Waals surface area (Å²) in [5, 5.41) is 4.17. The molecule has 9 nitrogen and oxygen atoms in total. The number of amides is 1. The van der Waals surface area contributed by atoms with E-state index in [1.807, 2.05) is 6.07 Å². The summed E-state index contributed by atoms with van der Waals surface area (Å²) in [6.45, 7) is 3.17. The van der Waals surface area contributed by atoms with Gasteiger partial charge in [0.15, 0.2) is 5.82 Å². The summed E-state index contributed by atoms with van der Waals surface area (Å²) in [6, 6.07) is 7.64. The van der Waals surface area contributed by atoms with Crippen molar-refractivity contribution in [2.75, 3.05) is 12.4 Å². The summed E-state index contributed by atoms with van der Waals surface area (Å²) < 4.78 is 44.4. The predicted molar refractivity (Wildman–Crippen MR) is 144 cm³/mol. The third-order valence-corrected chi connectivity index (χ3v) is 6.91. The van der Waals surface area contributed by atoms with Crippen molar-refractivity contribution in [2.24, 2.45) is 0 Å². The Hall–Kier alpha value is -4.16. The van der Waals surface area contributed by atoms with Crippen LogP contribution in [0.3, 0.4) is 0 Å². The minimum atomic E-state index is -0.846. The average Bonchev–Trinajstić information content (AvgIpc) is 3.30. The fourth-order valence-corrected chi connectivity index (χ4v) is 4.81. The van der Waals surface area contributed by atoms with E-state index in [1.165, 1.54) is 23.6 Å². The Labute approximate surface area is 229 Å². The number of rotatable bonds is 7. The van der Waals surface area contributed by atoms with Gasteiger partial charge in [-0.3, -0.25) is 15.3 Å². The Bertz CT molecular complexity index is 1700. The van der Waals surface area contributed by atoms with E-state index in [9.17, 15) is 13.6 Å². The van der Waals surface area contributed by atoms with E-state index in [1.54, 1.807) is 39.3 Å². The van der Waals surface area contributed by atoms with Crippen LogP contribution in [-0.4, -0.2) is 45.3 Å². The summed E-state index contributed by atoms with van der Waals surface area (Å²) in [4.78, 5) is 29.6. The highest BCUT2D eigenvalue weighted by Crippen LogP contribution is 2.37. The van der Waals surface area contributed by atoms with Crippen molar-refractivity contribution in [2.45, 2.75) is 26.1 Å². The number of halogens is 3. The molecule has 0 aliphatic rings. The molecule has 0 unspecified atom stereocenters. The van der Waals surface area contributed by atoms with E-state index in [4.69, 9.17) is 25.8 Å². The molecule has 5 rings (SSSR count). The van der Waals surface area contributed by atoms with Crippen molar-refractivity contribution in [1.82, 2.24) is 19.9 Å². The molecule has 0 saturated carbocycles. The first-order chi connectivity index (χ1) is 18.7. The quantitative estimate of drug-likeness (QED) is 0.231. The van der Waals surface area contributed by atoms with E-state index in [0.717, 1.165) is 17.6 Å². The zero-order chi connectivity index (χ0) is 27.7. The van der Waals surface area contributed by atoms with Gasteiger partial charge in [0, 0.05) is 28.1 Å². The Morgan fingerprint density at radius 2 is 1.87 bits per heavy atom.